The molecule has 6 heteroatoms. The highest BCUT2D eigenvalue weighted by Gasteiger charge is 2.42. The van der Waals surface area contributed by atoms with Crippen LogP contribution in [0.2, 0.25) is 0 Å². The quantitative estimate of drug-likeness (QED) is 0.287. The molecule has 41 heavy (non-hydrogen) atoms. The van der Waals surface area contributed by atoms with Gasteiger partial charge in [0.2, 0.25) is 0 Å². The summed E-state index contributed by atoms with van der Waals surface area (Å²) >= 11 is 0. The Labute approximate surface area is 240 Å². The van der Waals surface area contributed by atoms with E-state index >= 15 is 0 Å². The molecule has 0 fully saturated rings. The van der Waals surface area contributed by atoms with Gasteiger partial charge in [0.05, 0.1) is 31.6 Å². The first kappa shape index (κ1) is 26.4. The Morgan fingerprint density at radius 3 is 2.22 bits per heavy atom. The van der Waals surface area contributed by atoms with Crippen LogP contribution in [-0.4, -0.2) is 25.9 Å². The molecule has 1 N–H and O–H groups in total. The summed E-state index contributed by atoms with van der Waals surface area (Å²) in [6.45, 7) is 2.03. The zero-order valence-electron chi connectivity index (χ0n) is 23.4. The molecule has 1 aliphatic heterocycles. The van der Waals surface area contributed by atoms with E-state index in [9.17, 15) is 9.59 Å². The molecule has 4 aromatic carbocycles. The molecular weight excluding hydrogens is 512 g/mol. The van der Waals surface area contributed by atoms with Gasteiger partial charge in [-0.2, -0.15) is 0 Å². The maximum Gasteiger partial charge on any atom is 0.259 e. The number of rotatable bonds is 5. The standard InChI is InChI=1S/C35H32N2O4/c1-22-13-15-23(16-14-22)34-33-28(19-26(20-30(33)38)25-17-18-31(40-2)32(21-25)41-3)36-27-11-7-8-12-29(27)37(34)35(39)24-9-5-4-6-10-24/h4-18,21,26,34,36H,19-20H2,1-3H3. The van der Waals surface area contributed by atoms with Crippen LogP contribution in [0.25, 0.3) is 0 Å². The van der Waals surface area contributed by atoms with Crippen molar-refractivity contribution in [3.8, 4) is 11.5 Å². The van der Waals surface area contributed by atoms with Crippen LogP contribution >= 0.6 is 0 Å². The van der Waals surface area contributed by atoms with Gasteiger partial charge >= 0.3 is 0 Å². The van der Waals surface area contributed by atoms with Crippen LogP contribution in [0, 0.1) is 6.92 Å². The second kappa shape index (κ2) is 11.0. The summed E-state index contributed by atoms with van der Waals surface area (Å²) in [4.78, 5) is 30.4. The molecule has 206 valence electrons. The number of hydrogen-bond acceptors (Lipinski definition) is 5. The number of allylic oxidation sites excluding steroid dienone is 1. The molecule has 2 aliphatic rings. The summed E-state index contributed by atoms with van der Waals surface area (Å²) in [6, 6.07) is 30.4. The average Bonchev–Trinajstić information content (AvgIpc) is 3.16. The van der Waals surface area contributed by atoms with Gasteiger partial charge in [-0.1, -0.05) is 66.2 Å². The van der Waals surface area contributed by atoms with E-state index in [1.165, 1.54) is 0 Å². The second-order valence-electron chi connectivity index (χ2n) is 10.5. The Bertz CT molecular complexity index is 1640. The van der Waals surface area contributed by atoms with Crippen molar-refractivity contribution in [3.63, 3.8) is 0 Å². The molecule has 0 aromatic heterocycles. The number of anilines is 2. The van der Waals surface area contributed by atoms with E-state index in [2.05, 4.69) is 5.32 Å². The zero-order chi connectivity index (χ0) is 28.5. The lowest BCUT2D eigenvalue weighted by Crippen LogP contribution is -2.38. The Morgan fingerprint density at radius 1 is 0.805 bits per heavy atom. The van der Waals surface area contributed by atoms with Crippen LogP contribution in [0.4, 0.5) is 11.4 Å². The van der Waals surface area contributed by atoms with E-state index in [4.69, 9.17) is 9.47 Å². The number of Topliss-reactive ketones (excluding diaryl/α,β-unsaturated/α-hetero) is 1. The summed E-state index contributed by atoms with van der Waals surface area (Å²) in [7, 11) is 3.22. The largest absolute Gasteiger partial charge is 0.493 e. The van der Waals surface area contributed by atoms with Gasteiger partial charge in [0, 0.05) is 23.3 Å². The number of ether oxygens (including phenoxy) is 2. The van der Waals surface area contributed by atoms with Gasteiger partial charge in [-0.25, -0.2) is 0 Å². The number of carbonyl (C=O) groups is 2. The number of hydrogen-bond donors (Lipinski definition) is 1. The normalized spacial score (nSPS) is 18.1. The minimum Gasteiger partial charge on any atom is -0.493 e. The summed E-state index contributed by atoms with van der Waals surface area (Å²) in [5.74, 6) is 1.08. The van der Waals surface area contributed by atoms with Gasteiger partial charge in [-0.15, -0.1) is 0 Å². The number of nitrogens with zero attached hydrogens (tertiary/aromatic N) is 1. The zero-order valence-corrected chi connectivity index (χ0v) is 23.4. The first-order valence-corrected chi connectivity index (χ1v) is 13.8. The third-order valence-corrected chi connectivity index (χ3v) is 8.00. The Kier molecular flexibility index (Phi) is 7.06. The molecule has 6 nitrogen and oxygen atoms in total. The van der Waals surface area contributed by atoms with E-state index in [0.717, 1.165) is 33.8 Å². The molecule has 2 unspecified atom stereocenters. The summed E-state index contributed by atoms with van der Waals surface area (Å²) in [5.41, 5.74) is 6.56. The van der Waals surface area contributed by atoms with Crippen molar-refractivity contribution in [2.24, 2.45) is 0 Å². The number of fused-ring (bicyclic) bond motifs is 1. The molecule has 0 spiro atoms. The van der Waals surface area contributed by atoms with Crippen LogP contribution in [0.1, 0.15) is 51.8 Å². The van der Waals surface area contributed by atoms with Crippen molar-refractivity contribution in [2.75, 3.05) is 24.4 Å². The fraction of sp³-hybridized carbons (Fsp3) is 0.200. The van der Waals surface area contributed by atoms with E-state index in [0.29, 0.717) is 35.5 Å². The molecule has 1 amide bonds. The monoisotopic (exact) mass is 544 g/mol. The van der Waals surface area contributed by atoms with Gasteiger partial charge in [0.15, 0.2) is 17.3 Å². The minimum absolute atomic E-state index is 0.0165. The molecular formula is C35H32N2O4. The van der Waals surface area contributed by atoms with Crippen molar-refractivity contribution in [1.29, 1.82) is 0 Å². The lowest BCUT2D eigenvalue weighted by atomic mass is 9.78. The fourth-order valence-electron chi connectivity index (χ4n) is 5.94. The van der Waals surface area contributed by atoms with Crippen molar-refractivity contribution >= 4 is 23.1 Å². The third-order valence-electron chi connectivity index (χ3n) is 8.00. The highest BCUT2D eigenvalue weighted by molar-refractivity contribution is 6.12. The first-order valence-electron chi connectivity index (χ1n) is 13.8. The number of nitrogens with one attached hydrogen (secondary N) is 1. The number of ketones is 1. The molecule has 0 saturated heterocycles. The van der Waals surface area contributed by atoms with Crippen LogP contribution in [0.15, 0.2) is 108 Å². The second-order valence-corrected chi connectivity index (χ2v) is 10.5. The molecule has 2 atom stereocenters. The summed E-state index contributed by atoms with van der Waals surface area (Å²) in [6.07, 6.45) is 0.933. The molecule has 0 bridgehead atoms. The maximum atomic E-state index is 14.3. The number of benzene rings is 4. The average molecular weight is 545 g/mol. The number of aryl methyl sites for hydroxylation is 1. The van der Waals surface area contributed by atoms with E-state index < -0.39 is 6.04 Å². The van der Waals surface area contributed by atoms with Crippen LogP contribution in [0.3, 0.4) is 0 Å². The van der Waals surface area contributed by atoms with E-state index in [1.807, 2.05) is 104 Å². The minimum atomic E-state index is -0.590. The van der Waals surface area contributed by atoms with Gasteiger partial charge in [0.25, 0.3) is 5.91 Å². The van der Waals surface area contributed by atoms with Gasteiger partial charge in [0.1, 0.15) is 0 Å². The molecule has 1 heterocycles. The summed E-state index contributed by atoms with van der Waals surface area (Å²) < 4.78 is 11.0. The number of methoxy groups -OCH3 is 2. The first-order chi connectivity index (χ1) is 20.0. The third kappa shape index (κ3) is 4.86. The van der Waals surface area contributed by atoms with E-state index in [-0.39, 0.29) is 17.6 Å². The summed E-state index contributed by atoms with van der Waals surface area (Å²) in [5, 5.41) is 3.60. The van der Waals surface area contributed by atoms with Crippen molar-refractivity contribution in [2.45, 2.75) is 31.7 Å². The van der Waals surface area contributed by atoms with Crippen LogP contribution in [-0.2, 0) is 4.79 Å². The molecule has 6 rings (SSSR count). The number of para-hydroxylation sites is 2. The fourth-order valence-corrected chi connectivity index (χ4v) is 5.94. The SMILES string of the molecule is COc1ccc(C2CC(=O)C3=C(C2)Nc2ccccc2N(C(=O)c2ccccc2)C3c2ccc(C)cc2)cc1OC. The Balaban J connectivity index is 1.53. The molecule has 1 aliphatic carbocycles. The van der Waals surface area contributed by atoms with Gasteiger partial charge < -0.3 is 14.8 Å². The highest BCUT2D eigenvalue weighted by atomic mass is 16.5. The number of carbonyl (C=O) groups excluding carboxylic acids is 2. The topological polar surface area (TPSA) is 67.9 Å². The predicted octanol–water partition coefficient (Wildman–Crippen LogP) is 7.23. The van der Waals surface area contributed by atoms with E-state index in [1.54, 1.807) is 19.1 Å². The highest BCUT2D eigenvalue weighted by Crippen LogP contribution is 2.48. The Hall–Kier alpha value is -4.84. The lowest BCUT2D eigenvalue weighted by Gasteiger charge is -2.35. The van der Waals surface area contributed by atoms with Crippen molar-refractivity contribution < 1.29 is 19.1 Å². The Morgan fingerprint density at radius 2 is 1.49 bits per heavy atom. The van der Waals surface area contributed by atoms with Gasteiger partial charge in [-0.05, 0) is 66.8 Å². The molecule has 0 radical (unpaired) electrons. The van der Waals surface area contributed by atoms with Crippen molar-refractivity contribution in [3.05, 3.63) is 131 Å². The lowest BCUT2D eigenvalue weighted by molar-refractivity contribution is -0.116. The molecule has 0 saturated carbocycles. The number of amides is 1. The van der Waals surface area contributed by atoms with Crippen LogP contribution < -0.4 is 19.7 Å². The van der Waals surface area contributed by atoms with Crippen molar-refractivity contribution in [1.82, 2.24) is 0 Å². The predicted molar refractivity (Wildman–Crippen MR) is 161 cm³/mol. The van der Waals surface area contributed by atoms with Gasteiger partial charge in [-0.3, -0.25) is 14.5 Å². The molecule has 4 aromatic rings. The smallest absolute Gasteiger partial charge is 0.259 e. The van der Waals surface area contributed by atoms with Crippen LogP contribution in [0.5, 0.6) is 11.5 Å². The maximum absolute atomic E-state index is 14.3.